The minimum absolute atomic E-state index is 0.366. The van der Waals surface area contributed by atoms with Gasteiger partial charge in [0.25, 0.3) is 0 Å². The number of rotatable bonds is 10. The Hall–Kier alpha value is -1.14. The van der Waals surface area contributed by atoms with Crippen molar-refractivity contribution in [2.45, 2.75) is 20.0 Å². The van der Waals surface area contributed by atoms with Gasteiger partial charge in [0.1, 0.15) is 5.75 Å². The normalized spacial score (nSPS) is 10.9. The van der Waals surface area contributed by atoms with Crippen LogP contribution < -0.4 is 10.6 Å². The zero-order valence-electron chi connectivity index (χ0n) is 12.7. The molecule has 0 saturated carbocycles. The lowest BCUT2D eigenvalue weighted by molar-refractivity contribution is 0.199. The maximum absolute atomic E-state index is 10.3. The van der Waals surface area contributed by atoms with E-state index in [2.05, 4.69) is 10.6 Å². The fourth-order valence-corrected chi connectivity index (χ4v) is 2.00. The Morgan fingerprint density at radius 2 is 1.40 bits per heavy atom. The van der Waals surface area contributed by atoms with Gasteiger partial charge in [-0.05, 0) is 6.92 Å². The van der Waals surface area contributed by atoms with Crippen molar-refractivity contribution < 1.29 is 14.6 Å². The van der Waals surface area contributed by atoms with Crippen LogP contribution in [0.2, 0.25) is 0 Å². The molecule has 1 aromatic carbocycles. The zero-order chi connectivity index (χ0) is 14.8. The molecule has 0 aliphatic rings. The Morgan fingerprint density at radius 3 is 1.80 bits per heavy atom. The first-order chi connectivity index (χ1) is 9.69. The van der Waals surface area contributed by atoms with E-state index < -0.39 is 0 Å². The fraction of sp³-hybridized carbons (Fsp3) is 0.600. The van der Waals surface area contributed by atoms with E-state index in [9.17, 15) is 5.11 Å². The predicted molar refractivity (Wildman–Crippen MR) is 80.0 cm³/mol. The zero-order valence-corrected chi connectivity index (χ0v) is 12.7. The first-order valence-corrected chi connectivity index (χ1v) is 6.89. The van der Waals surface area contributed by atoms with Crippen LogP contribution in [0.25, 0.3) is 0 Å². The van der Waals surface area contributed by atoms with Crippen LogP contribution in [0.3, 0.4) is 0 Å². The highest BCUT2D eigenvalue weighted by Gasteiger charge is 2.08. The summed E-state index contributed by atoms with van der Waals surface area (Å²) in [5.74, 6) is 0.366. The van der Waals surface area contributed by atoms with E-state index in [4.69, 9.17) is 9.47 Å². The average molecular weight is 282 g/mol. The van der Waals surface area contributed by atoms with Crippen molar-refractivity contribution in [1.82, 2.24) is 10.6 Å². The molecule has 0 atom stereocenters. The second-order valence-electron chi connectivity index (χ2n) is 4.77. The van der Waals surface area contributed by atoms with Gasteiger partial charge in [0, 0.05) is 51.5 Å². The van der Waals surface area contributed by atoms with Gasteiger partial charge in [0.2, 0.25) is 0 Å². The number of nitrogens with one attached hydrogen (secondary N) is 2. The third-order valence-electron chi connectivity index (χ3n) is 3.01. The number of benzene rings is 1. The molecule has 0 aromatic heterocycles. The van der Waals surface area contributed by atoms with E-state index in [1.165, 1.54) is 0 Å². The van der Waals surface area contributed by atoms with Gasteiger partial charge in [0.05, 0.1) is 13.2 Å². The maximum Gasteiger partial charge on any atom is 0.124 e. The number of phenols is 1. The highest BCUT2D eigenvalue weighted by Crippen LogP contribution is 2.24. The maximum atomic E-state index is 10.3. The molecule has 0 aliphatic carbocycles. The Labute approximate surface area is 121 Å². The van der Waals surface area contributed by atoms with Crippen LogP contribution in [-0.2, 0) is 22.6 Å². The SMILES string of the molecule is COCCNCc1cc(C)cc(CNCCOC)c1O. The summed E-state index contributed by atoms with van der Waals surface area (Å²) in [6.45, 7) is 6.19. The molecule has 1 rings (SSSR count). The first kappa shape index (κ1) is 16.9. The standard InChI is InChI=1S/C15H26N2O3/c1-12-8-13(10-16-4-6-19-2)15(18)14(9-12)11-17-5-7-20-3/h8-9,16-18H,4-7,10-11H2,1-3H3. The smallest absolute Gasteiger partial charge is 0.124 e. The third-order valence-corrected chi connectivity index (χ3v) is 3.01. The van der Waals surface area contributed by atoms with Crippen LogP contribution in [0, 0.1) is 6.92 Å². The molecule has 0 saturated heterocycles. The van der Waals surface area contributed by atoms with Crippen molar-refractivity contribution in [3.05, 3.63) is 28.8 Å². The van der Waals surface area contributed by atoms with E-state index >= 15 is 0 Å². The average Bonchev–Trinajstić information content (AvgIpc) is 2.44. The van der Waals surface area contributed by atoms with Gasteiger partial charge in [-0.2, -0.15) is 0 Å². The number of aromatic hydroxyl groups is 1. The molecular formula is C15H26N2O3. The molecule has 0 radical (unpaired) electrons. The van der Waals surface area contributed by atoms with Crippen LogP contribution in [0.5, 0.6) is 5.75 Å². The number of aryl methyl sites for hydroxylation is 1. The number of hydrogen-bond acceptors (Lipinski definition) is 5. The van der Waals surface area contributed by atoms with Gasteiger partial charge >= 0.3 is 0 Å². The summed E-state index contributed by atoms with van der Waals surface area (Å²) in [7, 11) is 3.35. The largest absolute Gasteiger partial charge is 0.507 e. The topological polar surface area (TPSA) is 62.8 Å². The molecule has 3 N–H and O–H groups in total. The Balaban J connectivity index is 2.59. The molecule has 0 bridgehead atoms. The third kappa shape index (κ3) is 5.88. The molecular weight excluding hydrogens is 256 g/mol. The summed E-state index contributed by atoms with van der Waals surface area (Å²) in [6, 6.07) is 4.02. The summed E-state index contributed by atoms with van der Waals surface area (Å²) in [4.78, 5) is 0. The first-order valence-electron chi connectivity index (χ1n) is 6.89. The van der Waals surface area contributed by atoms with Crippen LogP contribution in [0.4, 0.5) is 0 Å². The van der Waals surface area contributed by atoms with Gasteiger partial charge in [-0.25, -0.2) is 0 Å². The van der Waals surface area contributed by atoms with Gasteiger partial charge in [-0.15, -0.1) is 0 Å². The van der Waals surface area contributed by atoms with E-state index in [1.807, 2.05) is 19.1 Å². The molecule has 0 heterocycles. The molecule has 0 fully saturated rings. The molecule has 5 heteroatoms. The molecule has 1 aromatic rings. The van der Waals surface area contributed by atoms with Crippen molar-refractivity contribution >= 4 is 0 Å². The summed E-state index contributed by atoms with van der Waals surface area (Å²) in [6.07, 6.45) is 0. The van der Waals surface area contributed by atoms with Gasteiger partial charge in [-0.1, -0.05) is 17.7 Å². The molecule has 0 amide bonds. The van der Waals surface area contributed by atoms with E-state index in [0.717, 1.165) is 29.8 Å². The fourth-order valence-electron chi connectivity index (χ4n) is 2.00. The molecule has 20 heavy (non-hydrogen) atoms. The summed E-state index contributed by atoms with van der Waals surface area (Å²) in [5.41, 5.74) is 2.99. The lowest BCUT2D eigenvalue weighted by Gasteiger charge is -2.13. The number of ether oxygens (including phenoxy) is 2. The second-order valence-corrected chi connectivity index (χ2v) is 4.77. The van der Waals surface area contributed by atoms with Crippen LogP contribution in [0.15, 0.2) is 12.1 Å². The Bertz CT molecular complexity index is 364. The van der Waals surface area contributed by atoms with E-state index in [0.29, 0.717) is 32.1 Å². The van der Waals surface area contributed by atoms with E-state index in [1.54, 1.807) is 14.2 Å². The number of hydrogen-bond donors (Lipinski definition) is 3. The van der Waals surface area contributed by atoms with Crippen LogP contribution in [0.1, 0.15) is 16.7 Å². The Morgan fingerprint density at radius 1 is 0.950 bits per heavy atom. The van der Waals surface area contributed by atoms with Crippen molar-refractivity contribution in [2.24, 2.45) is 0 Å². The second kappa shape index (κ2) is 9.72. The predicted octanol–water partition coefficient (Wildman–Crippen LogP) is 1.17. The lowest BCUT2D eigenvalue weighted by atomic mass is 10.0. The molecule has 0 aliphatic heterocycles. The van der Waals surface area contributed by atoms with E-state index in [-0.39, 0.29) is 0 Å². The quantitative estimate of drug-likeness (QED) is 0.562. The van der Waals surface area contributed by atoms with Crippen LogP contribution >= 0.6 is 0 Å². The minimum atomic E-state index is 0.366. The highest BCUT2D eigenvalue weighted by atomic mass is 16.5. The van der Waals surface area contributed by atoms with Gasteiger partial charge in [-0.3, -0.25) is 0 Å². The van der Waals surface area contributed by atoms with Gasteiger partial charge in [0.15, 0.2) is 0 Å². The summed E-state index contributed by atoms with van der Waals surface area (Å²) >= 11 is 0. The van der Waals surface area contributed by atoms with Crippen molar-refractivity contribution in [3.63, 3.8) is 0 Å². The Kier molecular flexibility index (Phi) is 8.22. The molecule has 114 valence electrons. The molecule has 0 spiro atoms. The monoisotopic (exact) mass is 282 g/mol. The van der Waals surface area contributed by atoms with Crippen LogP contribution in [-0.4, -0.2) is 45.6 Å². The molecule has 0 unspecified atom stereocenters. The van der Waals surface area contributed by atoms with Crippen molar-refractivity contribution in [1.29, 1.82) is 0 Å². The van der Waals surface area contributed by atoms with Crippen molar-refractivity contribution in [3.8, 4) is 5.75 Å². The highest BCUT2D eigenvalue weighted by molar-refractivity contribution is 5.43. The van der Waals surface area contributed by atoms with Gasteiger partial charge < -0.3 is 25.2 Å². The number of phenolic OH excluding ortho intramolecular Hbond substituents is 1. The summed E-state index contributed by atoms with van der Waals surface area (Å²) < 4.78 is 9.97. The summed E-state index contributed by atoms with van der Waals surface area (Å²) in [5, 5.41) is 16.8. The van der Waals surface area contributed by atoms with Crippen molar-refractivity contribution in [2.75, 3.05) is 40.5 Å². The lowest BCUT2D eigenvalue weighted by Crippen LogP contribution is -2.20. The minimum Gasteiger partial charge on any atom is -0.507 e. The molecule has 5 nitrogen and oxygen atoms in total. The number of methoxy groups -OCH3 is 2.